The monoisotopic (exact) mass is 376 g/mol. The molecule has 0 radical (unpaired) electrons. The Morgan fingerprint density at radius 1 is 1.15 bits per heavy atom. The summed E-state index contributed by atoms with van der Waals surface area (Å²) < 4.78 is 9.99. The van der Waals surface area contributed by atoms with Crippen LogP contribution in [0, 0.1) is 5.92 Å². The highest BCUT2D eigenvalue weighted by Gasteiger charge is 2.28. The first-order valence-corrected chi connectivity index (χ1v) is 9.14. The Hall–Kier alpha value is -2.77. The second-order valence-electron chi connectivity index (χ2n) is 6.21. The maximum atomic E-state index is 11.9. The molecule has 1 saturated carbocycles. The number of hydrogen-bond acceptors (Lipinski definition) is 5. The van der Waals surface area contributed by atoms with Gasteiger partial charge in [0.25, 0.3) is 0 Å². The van der Waals surface area contributed by atoms with Crippen molar-refractivity contribution < 1.29 is 19.1 Å². The molecule has 1 amide bonds. The van der Waals surface area contributed by atoms with Crippen LogP contribution in [0.2, 0.25) is 0 Å². The summed E-state index contributed by atoms with van der Waals surface area (Å²) >= 11 is 0. The molecule has 1 fully saturated rings. The summed E-state index contributed by atoms with van der Waals surface area (Å²) in [4.78, 5) is 28.0. The third-order valence-electron chi connectivity index (χ3n) is 4.10. The zero-order valence-corrected chi connectivity index (χ0v) is 16.1. The molecular formula is C19H28N4O4. The van der Waals surface area contributed by atoms with E-state index in [0.717, 1.165) is 24.9 Å². The zero-order chi connectivity index (χ0) is 19.6. The number of amides is 1. The third-order valence-corrected chi connectivity index (χ3v) is 4.10. The Bertz CT molecular complexity index is 686. The fourth-order valence-corrected chi connectivity index (χ4v) is 2.49. The van der Waals surface area contributed by atoms with E-state index in [1.807, 2.05) is 13.0 Å². The van der Waals surface area contributed by atoms with Crippen LogP contribution in [0.1, 0.15) is 35.7 Å². The maximum absolute atomic E-state index is 11.9. The molecule has 0 heterocycles. The zero-order valence-electron chi connectivity index (χ0n) is 16.1. The molecule has 1 aromatic rings. The van der Waals surface area contributed by atoms with Gasteiger partial charge in [0.1, 0.15) is 11.3 Å². The number of hydrogen-bond donors (Lipinski definition) is 3. The quantitative estimate of drug-likeness (QED) is 0.258. The molecule has 0 bridgehead atoms. The van der Waals surface area contributed by atoms with Gasteiger partial charge in [-0.2, -0.15) is 0 Å². The van der Waals surface area contributed by atoms with E-state index in [4.69, 9.17) is 9.47 Å². The van der Waals surface area contributed by atoms with E-state index < -0.39 is 5.97 Å². The average Bonchev–Trinajstić information content (AvgIpc) is 3.53. The van der Waals surface area contributed by atoms with Crippen molar-refractivity contribution in [1.82, 2.24) is 16.0 Å². The van der Waals surface area contributed by atoms with Crippen LogP contribution in [-0.4, -0.2) is 51.7 Å². The predicted octanol–water partition coefficient (Wildman–Crippen LogP) is 1.06. The van der Waals surface area contributed by atoms with Crippen molar-refractivity contribution in [2.45, 2.75) is 26.3 Å². The fourth-order valence-electron chi connectivity index (χ4n) is 2.49. The molecule has 3 N–H and O–H groups in total. The number of rotatable bonds is 9. The Balaban J connectivity index is 1.92. The highest BCUT2D eigenvalue weighted by Crippen LogP contribution is 2.28. The van der Waals surface area contributed by atoms with Crippen molar-refractivity contribution in [1.29, 1.82) is 0 Å². The van der Waals surface area contributed by atoms with Crippen molar-refractivity contribution in [3.05, 3.63) is 29.3 Å². The van der Waals surface area contributed by atoms with Crippen molar-refractivity contribution >= 4 is 17.8 Å². The minimum Gasteiger partial charge on any atom is -0.496 e. The topological polar surface area (TPSA) is 101 Å². The van der Waals surface area contributed by atoms with Gasteiger partial charge in [0.05, 0.1) is 20.8 Å². The molecule has 27 heavy (non-hydrogen) atoms. The number of nitrogens with zero attached hydrogens (tertiary/aromatic N) is 1. The lowest BCUT2D eigenvalue weighted by Crippen LogP contribution is -2.41. The van der Waals surface area contributed by atoms with Crippen LogP contribution >= 0.6 is 0 Å². The first kappa shape index (κ1) is 20.5. The second-order valence-corrected chi connectivity index (χ2v) is 6.21. The van der Waals surface area contributed by atoms with Gasteiger partial charge in [-0.1, -0.05) is 6.07 Å². The molecule has 0 aromatic heterocycles. The highest BCUT2D eigenvalue weighted by molar-refractivity contribution is 5.92. The molecule has 1 aliphatic carbocycles. The molecule has 8 nitrogen and oxygen atoms in total. The van der Waals surface area contributed by atoms with Gasteiger partial charge in [0, 0.05) is 25.6 Å². The van der Waals surface area contributed by atoms with E-state index in [9.17, 15) is 9.59 Å². The summed E-state index contributed by atoms with van der Waals surface area (Å²) in [7, 11) is 2.84. The first-order valence-electron chi connectivity index (χ1n) is 9.14. The summed E-state index contributed by atoms with van der Waals surface area (Å²) in [6.07, 6.45) is 2.00. The van der Waals surface area contributed by atoms with E-state index in [2.05, 4.69) is 20.9 Å². The van der Waals surface area contributed by atoms with Crippen LogP contribution in [0.5, 0.6) is 5.75 Å². The van der Waals surface area contributed by atoms with Gasteiger partial charge >= 0.3 is 5.97 Å². The van der Waals surface area contributed by atoms with Crippen molar-refractivity contribution in [3.8, 4) is 5.75 Å². The molecule has 0 atom stereocenters. The molecule has 0 aliphatic heterocycles. The Labute approximate surface area is 159 Å². The Morgan fingerprint density at radius 3 is 2.52 bits per heavy atom. The van der Waals surface area contributed by atoms with Crippen molar-refractivity contribution in [2.24, 2.45) is 10.9 Å². The number of nitrogens with one attached hydrogen (secondary N) is 3. The van der Waals surface area contributed by atoms with Gasteiger partial charge in [-0.05, 0) is 37.5 Å². The lowest BCUT2D eigenvalue weighted by molar-refractivity contribution is -0.122. The SMILES string of the molecule is CCNC(=NCc1ccc(OC)c(C(=O)OC)c1)NCCNC(=O)C1CC1. The fraction of sp³-hybridized carbons (Fsp3) is 0.526. The van der Waals surface area contributed by atoms with Gasteiger partial charge in [0.2, 0.25) is 5.91 Å². The molecule has 1 aromatic carbocycles. The average molecular weight is 376 g/mol. The summed E-state index contributed by atoms with van der Waals surface area (Å²) in [6.45, 7) is 4.22. The molecule has 148 valence electrons. The summed E-state index contributed by atoms with van der Waals surface area (Å²) in [5.74, 6) is 1.01. The number of guanidine groups is 1. The molecule has 0 spiro atoms. The van der Waals surface area contributed by atoms with Gasteiger partial charge in [-0.3, -0.25) is 4.79 Å². The van der Waals surface area contributed by atoms with Crippen LogP contribution in [0.4, 0.5) is 0 Å². The minimum atomic E-state index is -0.450. The van der Waals surface area contributed by atoms with Crippen molar-refractivity contribution in [2.75, 3.05) is 33.9 Å². The number of benzene rings is 1. The molecule has 2 rings (SSSR count). The van der Waals surface area contributed by atoms with Crippen LogP contribution in [0.3, 0.4) is 0 Å². The van der Waals surface area contributed by atoms with Gasteiger partial charge in [-0.25, -0.2) is 9.79 Å². The van der Waals surface area contributed by atoms with Crippen LogP contribution in [0.25, 0.3) is 0 Å². The van der Waals surface area contributed by atoms with Gasteiger partial charge in [-0.15, -0.1) is 0 Å². The number of methoxy groups -OCH3 is 2. The molecule has 0 unspecified atom stereocenters. The smallest absolute Gasteiger partial charge is 0.341 e. The lowest BCUT2D eigenvalue weighted by Gasteiger charge is -2.12. The van der Waals surface area contributed by atoms with Crippen LogP contribution < -0.4 is 20.7 Å². The Kier molecular flexibility index (Phi) is 7.91. The van der Waals surface area contributed by atoms with E-state index in [-0.39, 0.29) is 11.8 Å². The lowest BCUT2D eigenvalue weighted by atomic mass is 10.1. The number of carbonyl (C=O) groups excluding carboxylic acids is 2. The highest BCUT2D eigenvalue weighted by atomic mass is 16.5. The minimum absolute atomic E-state index is 0.132. The summed E-state index contributed by atoms with van der Waals surface area (Å²) in [5, 5.41) is 9.25. The second kappa shape index (κ2) is 10.4. The molecule has 8 heteroatoms. The summed E-state index contributed by atoms with van der Waals surface area (Å²) in [5.41, 5.74) is 1.23. The molecular weight excluding hydrogens is 348 g/mol. The number of aliphatic imine (C=N–C) groups is 1. The van der Waals surface area contributed by atoms with E-state index in [1.165, 1.54) is 14.2 Å². The summed E-state index contributed by atoms with van der Waals surface area (Å²) in [6, 6.07) is 5.30. The number of ether oxygens (including phenoxy) is 2. The van der Waals surface area contributed by atoms with Crippen molar-refractivity contribution in [3.63, 3.8) is 0 Å². The number of esters is 1. The first-order chi connectivity index (χ1) is 13.1. The number of carbonyl (C=O) groups is 2. The van der Waals surface area contributed by atoms with Gasteiger partial charge < -0.3 is 25.4 Å². The third kappa shape index (κ3) is 6.47. The Morgan fingerprint density at radius 2 is 1.89 bits per heavy atom. The normalized spacial score (nSPS) is 13.7. The van der Waals surface area contributed by atoms with Crippen LogP contribution in [-0.2, 0) is 16.1 Å². The predicted molar refractivity (Wildman–Crippen MR) is 103 cm³/mol. The maximum Gasteiger partial charge on any atom is 0.341 e. The van der Waals surface area contributed by atoms with Gasteiger partial charge in [0.15, 0.2) is 5.96 Å². The van der Waals surface area contributed by atoms with E-state index in [0.29, 0.717) is 36.9 Å². The largest absolute Gasteiger partial charge is 0.496 e. The standard InChI is InChI=1S/C19H28N4O4/c1-4-20-19(22-10-9-21-17(24)14-6-7-14)23-12-13-5-8-16(26-2)15(11-13)18(25)27-3/h5,8,11,14H,4,6-7,9-10,12H2,1-3H3,(H,21,24)(H2,20,22,23). The van der Waals surface area contributed by atoms with E-state index in [1.54, 1.807) is 12.1 Å². The van der Waals surface area contributed by atoms with E-state index >= 15 is 0 Å². The molecule has 1 aliphatic rings. The molecule has 0 saturated heterocycles. The van der Waals surface area contributed by atoms with Crippen LogP contribution in [0.15, 0.2) is 23.2 Å².